The number of benzene rings is 2. The molecule has 1 spiro atoms. The van der Waals surface area contributed by atoms with Crippen molar-refractivity contribution in [2.45, 2.75) is 69.5 Å². The largest absolute Gasteiger partial charge is 0.469 e. The molecule has 0 aliphatic carbocycles. The first-order chi connectivity index (χ1) is 20.8. The van der Waals surface area contributed by atoms with Gasteiger partial charge in [-0.25, -0.2) is 0 Å². The summed E-state index contributed by atoms with van der Waals surface area (Å²) in [5.74, 6) is -1.93. The van der Waals surface area contributed by atoms with Gasteiger partial charge in [0.25, 0.3) is 11.6 Å². The number of nitrogens with zero attached hydrogens (tertiary/aromatic N) is 3. The lowest BCUT2D eigenvalue weighted by Gasteiger charge is -2.31. The molecule has 44 heavy (non-hydrogen) atoms. The topological polar surface area (TPSA) is 140 Å². The fourth-order valence-corrected chi connectivity index (χ4v) is 9.22. The van der Waals surface area contributed by atoms with Crippen molar-refractivity contribution in [3.8, 4) is 0 Å². The van der Waals surface area contributed by atoms with Gasteiger partial charge in [-0.3, -0.25) is 24.5 Å². The molecule has 4 rings (SSSR count). The summed E-state index contributed by atoms with van der Waals surface area (Å²) in [7, 11) is -2.29. The molecule has 1 saturated heterocycles. The minimum atomic E-state index is -3.60. The fourth-order valence-electron chi connectivity index (χ4n) is 6.73. The fraction of sp³-hybridized carbons (Fsp3) is 0.516. The van der Waals surface area contributed by atoms with Crippen LogP contribution in [-0.2, 0) is 36.0 Å². The number of fused-ring (bicyclic) bond motifs is 2. The van der Waals surface area contributed by atoms with E-state index >= 15 is 4.11 Å². The first-order valence-corrected chi connectivity index (χ1v) is 17.8. The Kier molecular flexibility index (Phi) is 10.2. The minimum absolute atomic E-state index is 0.0650. The molecule has 2 aliphatic heterocycles. The summed E-state index contributed by atoms with van der Waals surface area (Å²) >= 11 is 0. The molecule has 0 aromatic heterocycles. The molecule has 13 heteroatoms. The summed E-state index contributed by atoms with van der Waals surface area (Å²) in [4.78, 5) is 53.8. The zero-order valence-corrected chi connectivity index (χ0v) is 26.5. The number of anilines is 1. The molecule has 2 heterocycles. The average Bonchev–Trinajstić information content (AvgIpc) is 3.41. The number of hydrogen-bond donors (Lipinski definition) is 1. The van der Waals surface area contributed by atoms with Crippen LogP contribution in [0.5, 0.6) is 0 Å². The monoisotopic (exact) mass is 629 g/mol. The minimum Gasteiger partial charge on any atom is -0.469 e. The maximum Gasteiger partial charge on any atom is 0.305 e. The van der Waals surface area contributed by atoms with Crippen molar-refractivity contribution in [2.75, 3.05) is 31.7 Å². The number of non-ortho nitro benzene ring substituents is 1. The highest BCUT2D eigenvalue weighted by atomic mass is 28.4. The Morgan fingerprint density at radius 1 is 1.20 bits per heavy atom. The van der Waals surface area contributed by atoms with Crippen LogP contribution >= 0.6 is 0 Å². The summed E-state index contributed by atoms with van der Waals surface area (Å²) in [6, 6.07) is 13.4. The van der Waals surface area contributed by atoms with Gasteiger partial charge >= 0.3 is 5.97 Å². The van der Waals surface area contributed by atoms with Gasteiger partial charge in [0.05, 0.1) is 36.9 Å². The molecule has 0 saturated carbocycles. The summed E-state index contributed by atoms with van der Waals surface area (Å²) < 4.78 is 27.4. The molecule has 2 amide bonds. The Morgan fingerprint density at radius 3 is 2.52 bits per heavy atom. The number of nitro groups is 1. The van der Waals surface area contributed by atoms with Crippen LogP contribution in [0.3, 0.4) is 0 Å². The molecule has 1 N–H and O–H groups in total. The molecule has 2 aliphatic rings. The van der Waals surface area contributed by atoms with E-state index in [4.69, 9.17) is 9.47 Å². The number of methoxy groups -OCH3 is 1. The van der Waals surface area contributed by atoms with E-state index in [-0.39, 0.29) is 62.2 Å². The Bertz CT molecular complexity index is 1390. The predicted octanol–water partition coefficient (Wildman–Crippen LogP) is 4.47. The van der Waals surface area contributed by atoms with Crippen molar-refractivity contribution in [1.82, 2.24) is 4.90 Å². The number of carbonyl (C=O) groups excluding carboxylic acids is 3. The quantitative estimate of drug-likeness (QED) is 0.0855. The average molecular weight is 630 g/mol. The molecular formula is C31H40FN3O8Si. The van der Waals surface area contributed by atoms with Crippen LogP contribution in [0, 0.1) is 16.0 Å². The van der Waals surface area contributed by atoms with E-state index in [1.54, 1.807) is 6.92 Å². The second-order valence-electron chi connectivity index (χ2n) is 11.9. The lowest BCUT2D eigenvalue weighted by atomic mass is 9.82. The second kappa shape index (κ2) is 13.5. The number of esters is 1. The number of aliphatic hydroxyl groups is 1. The highest BCUT2D eigenvalue weighted by Gasteiger charge is 2.67. The van der Waals surface area contributed by atoms with Crippen molar-refractivity contribution in [1.29, 1.82) is 0 Å². The molecule has 1 fully saturated rings. The van der Waals surface area contributed by atoms with E-state index < -0.39 is 42.4 Å². The van der Waals surface area contributed by atoms with Gasteiger partial charge in [-0.05, 0) is 37.6 Å². The van der Waals surface area contributed by atoms with Crippen LogP contribution < -0.4 is 4.90 Å². The predicted molar refractivity (Wildman–Crippen MR) is 163 cm³/mol. The number of hydrogen-bond acceptors (Lipinski definition) is 8. The molecule has 2 aromatic carbocycles. The Morgan fingerprint density at radius 2 is 1.91 bits per heavy atom. The smallest absolute Gasteiger partial charge is 0.305 e. The van der Waals surface area contributed by atoms with Gasteiger partial charge in [0.2, 0.25) is 14.3 Å². The molecule has 0 radical (unpaired) electrons. The normalized spacial score (nSPS) is 22.7. The van der Waals surface area contributed by atoms with Gasteiger partial charge in [-0.2, -0.15) is 0 Å². The van der Waals surface area contributed by atoms with Crippen molar-refractivity contribution in [3.63, 3.8) is 0 Å². The van der Waals surface area contributed by atoms with E-state index in [0.29, 0.717) is 18.5 Å². The van der Waals surface area contributed by atoms with E-state index in [1.165, 1.54) is 48.2 Å². The maximum atomic E-state index is 16.2. The Hall–Kier alpha value is -3.68. The third kappa shape index (κ3) is 6.54. The van der Waals surface area contributed by atoms with Crippen molar-refractivity contribution < 1.29 is 38.0 Å². The summed E-state index contributed by atoms with van der Waals surface area (Å²) in [6.07, 6.45) is -0.122. The number of rotatable bonds is 13. The van der Waals surface area contributed by atoms with Gasteiger partial charge in [0.1, 0.15) is 0 Å². The summed E-state index contributed by atoms with van der Waals surface area (Å²) in [5.41, 5.74) is -1.17. The van der Waals surface area contributed by atoms with E-state index in [2.05, 4.69) is 0 Å². The SMILES string of the molecule is COC(=O)CCCCN1C(=O)[C@@]2(O[C@@H](CC(=O)N(CCO)Cc3ccccc3)[C@H]([Si](C)(C)F)[C@H]2C)c2cc([N+](=O)[O-])ccc21. The van der Waals surface area contributed by atoms with Crippen LogP contribution in [0.4, 0.5) is 15.5 Å². The van der Waals surface area contributed by atoms with Gasteiger partial charge in [-0.15, -0.1) is 0 Å². The number of unbranched alkanes of at least 4 members (excludes halogenated alkanes) is 1. The van der Waals surface area contributed by atoms with E-state index in [0.717, 1.165) is 5.56 Å². The standard InChI is InChI=1S/C31H40FN3O8Si/c1-21-29(44(3,4)32)26(19-27(37)33(16-17-36)20-22-10-6-5-7-11-22)43-31(21)24-18-23(35(40)41)13-14-25(24)34(30(31)39)15-9-8-12-28(38)42-2/h5-7,10-11,13-14,18,21,26,29,36H,8-9,12,15-17,19-20H2,1-4H3/t21-,26+,29-,31+/m1/s1. The van der Waals surface area contributed by atoms with Gasteiger partial charge < -0.3 is 28.5 Å². The Balaban J connectivity index is 1.69. The lowest BCUT2D eigenvalue weighted by molar-refractivity contribution is -0.385. The molecule has 0 bridgehead atoms. The van der Waals surface area contributed by atoms with Gasteiger partial charge in [-0.1, -0.05) is 37.3 Å². The van der Waals surface area contributed by atoms with Crippen molar-refractivity contribution >= 4 is 37.6 Å². The molecule has 2 aromatic rings. The van der Waals surface area contributed by atoms with E-state index in [1.807, 2.05) is 30.3 Å². The molecule has 238 valence electrons. The van der Waals surface area contributed by atoms with Crippen molar-refractivity contribution in [2.24, 2.45) is 5.92 Å². The third-order valence-corrected chi connectivity index (χ3v) is 11.2. The van der Waals surface area contributed by atoms with Crippen LogP contribution in [-0.4, -0.2) is 74.0 Å². The van der Waals surface area contributed by atoms with Crippen LogP contribution in [0.25, 0.3) is 0 Å². The third-order valence-electron chi connectivity index (χ3n) is 8.71. The van der Waals surface area contributed by atoms with Crippen LogP contribution in [0.1, 0.15) is 43.7 Å². The molecule has 11 nitrogen and oxygen atoms in total. The number of carbonyl (C=O) groups is 3. The highest BCUT2D eigenvalue weighted by molar-refractivity contribution is 6.72. The number of ether oxygens (including phenoxy) is 2. The van der Waals surface area contributed by atoms with E-state index in [9.17, 15) is 29.6 Å². The summed E-state index contributed by atoms with van der Waals surface area (Å²) in [6.45, 7) is 5.00. The van der Waals surface area contributed by atoms with Crippen LogP contribution in [0.2, 0.25) is 18.6 Å². The van der Waals surface area contributed by atoms with Crippen molar-refractivity contribution in [3.05, 3.63) is 69.8 Å². The maximum absolute atomic E-state index is 16.2. The molecule has 0 unspecified atom stereocenters. The number of amides is 2. The zero-order chi connectivity index (χ0) is 32.2. The Labute approximate surface area is 257 Å². The second-order valence-corrected chi connectivity index (χ2v) is 15.7. The zero-order valence-electron chi connectivity index (χ0n) is 25.5. The number of nitro benzene ring substituents is 1. The van der Waals surface area contributed by atoms with Crippen LogP contribution in [0.15, 0.2) is 48.5 Å². The molecular weight excluding hydrogens is 589 g/mol. The highest BCUT2D eigenvalue weighted by Crippen LogP contribution is 2.60. The lowest BCUT2D eigenvalue weighted by Crippen LogP contribution is -2.45. The first-order valence-electron chi connectivity index (χ1n) is 14.8. The summed E-state index contributed by atoms with van der Waals surface area (Å²) in [5, 5.41) is 21.5. The van der Waals surface area contributed by atoms with Gasteiger partial charge in [0.15, 0.2) is 5.60 Å². The molecule has 4 atom stereocenters. The van der Waals surface area contributed by atoms with Gasteiger partial charge in [0, 0.05) is 55.2 Å². The number of aliphatic hydroxyl groups excluding tert-OH is 1. The first kappa shape index (κ1) is 33.2. The number of halogens is 1.